The molecule has 0 bridgehead atoms. The minimum atomic E-state index is 0.938. The summed E-state index contributed by atoms with van der Waals surface area (Å²) < 4.78 is 2.11. The lowest BCUT2D eigenvalue weighted by Crippen LogP contribution is -1.97. The molecule has 1 aromatic carbocycles. The van der Waals surface area contributed by atoms with Gasteiger partial charge >= 0.3 is 0 Å². The van der Waals surface area contributed by atoms with Crippen molar-refractivity contribution in [1.82, 2.24) is 9.55 Å². The van der Waals surface area contributed by atoms with Gasteiger partial charge in [0.25, 0.3) is 0 Å². The zero-order chi connectivity index (χ0) is 10.1. The molecule has 0 saturated heterocycles. The van der Waals surface area contributed by atoms with Gasteiger partial charge in [0, 0.05) is 18.9 Å². The first-order chi connectivity index (χ1) is 7.42. The van der Waals surface area contributed by atoms with Crippen LogP contribution in [0.25, 0.3) is 0 Å². The minimum Gasteiger partial charge on any atom is -0.333 e. The first kappa shape index (κ1) is 8.72. The highest BCUT2D eigenvalue weighted by atomic mass is 15.0. The van der Waals surface area contributed by atoms with Crippen molar-refractivity contribution in [2.45, 2.75) is 25.8 Å². The van der Waals surface area contributed by atoms with Gasteiger partial charge in [0.2, 0.25) is 0 Å². The highest BCUT2D eigenvalue weighted by molar-refractivity contribution is 5.35. The van der Waals surface area contributed by atoms with Gasteiger partial charge in [-0.25, -0.2) is 4.98 Å². The van der Waals surface area contributed by atoms with E-state index in [2.05, 4.69) is 27.8 Å². The van der Waals surface area contributed by atoms with E-state index in [-0.39, 0.29) is 0 Å². The summed E-state index contributed by atoms with van der Waals surface area (Å²) in [6.07, 6.45) is 9.55. The Hall–Kier alpha value is -1.57. The molecule has 76 valence electrons. The molecule has 15 heavy (non-hydrogen) atoms. The van der Waals surface area contributed by atoms with Gasteiger partial charge in [0.15, 0.2) is 0 Å². The summed E-state index contributed by atoms with van der Waals surface area (Å²) in [5, 5.41) is 0. The summed E-state index contributed by atoms with van der Waals surface area (Å²) in [4.78, 5) is 4.05. The molecule has 0 radical (unpaired) electrons. The second-order valence-electron chi connectivity index (χ2n) is 4.19. The fraction of sp³-hybridized carbons (Fsp3) is 0.308. The van der Waals surface area contributed by atoms with Crippen LogP contribution in [0.1, 0.15) is 23.1 Å². The molecule has 0 saturated carbocycles. The summed E-state index contributed by atoms with van der Waals surface area (Å²) in [6, 6.07) is 6.88. The Kier molecular flexibility index (Phi) is 2.05. The van der Waals surface area contributed by atoms with Crippen LogP contribution in [0.4, 0.5) is 0 Å². The number of imidazole rings is 1. The van der Waals surface area contributed by atoms with Crippen molar-refractivity contribution < 1.29 is 0 Å². The molecule has 0 unspecified atom stereocenters. The number of aromatic nitrogens is 2. The molecular formula is C13H14N2. The molecule has 0 aliphatic heterocycles. The fourth-order valence-electron chi connectivity index (χ4n) is 2.31. The molecule has 1 heterocycles. The van der Waals surface area contributed by atoms with Crippen molar-refractivity contribution in [2.75, 3.05) is 0 Å². The van der Waals surface area contributed by atoms with E-state index in [1.807, 2.05) is 18.7 Å². The number of nitrogens with zero attached hydrogens (tertiary/aromatic N) is 2. The maximum Gasteiger partial charge on any atom is 0.0949 e. The van der Waals surface area contributed by atoms with Crippen LogP contribution in [0.2, 0.25) is 0 Å². The van der Waals surface area contributed by atoms with Gasteiger partial charge in [-0.3, -0.25) is 0 Å². The Labute approximate surface area is 89.6 Å². The van der Waals surface area contributed by atoms with Crippen molar-refractivity contribution in [1.29, 1.82) is 0 Å². The normalized spacial score (nSPS) is 14.1. The first-order valence-corrected chi connectivity index (χ1v) is 5.48. The van der Waals surface area contributed by atoms with Gasteiger partial charge in [-0.15, -0.1) is 0 Å². The van der Waals surface area contributed by atoms with Crippen LogP contribution >= 0.6 is 0 Å². The van der Waals surface area contributed by atoms with Crippen LogP contribution in [-0.2, 0) is 19.4 Å². The third-order valence-corrected chi connectivity index (χ3v) is 3.09. The molecule has 0 fully saturated rings. The van der Waals surface area contributed by atoms with Gasteiger partial charge in [-0.05, 0) is 36.0 Å². The Morgan fingerprint density at radius 3 is 3.00 bits per heavy atom. The molecule has 2 nitrogen and oxygen atoms in total. The van der Waals surface area contributed by atoms with Gasteiger partial charge in [-0.1, -0.05) is 18.2 Å². The van der Waals surface area contributed by atoms with Crippen molar-refractivity contribution >= 4 is 0 Å². The number of hydrogen-bond donors (Lipinski definition) is 0. The number of benzene rings is 1. The van der Waals surface area contributed by atoms with E-state index in [1.165, 1.54) is 24.8 Å². The Morgan fingerprint density at radius 1 is 1.20 bits per heavy atom. The molecule has 0 spiro atoms. The molecule has 1 aliphatic carbocycles. The SMILES string of the molecule is c1cn(Cc2ccc3c(c2)CCC3)cn1. The van der Waals surface area contributed by atoms with Gasteiger partial charge in [0.05, 0.1) is 6.33 Å². The monoisotopic (exact) mass is 198 g/mol. The summed E-state index contributed by atoms with van der Waals surface area (Å²) >= 11 is 0. The predicted octanol–water partition coefficient (Wildman–Crippen LogP) is 2.42. The molecule has 1 aromatic heterocycles. The summed E-state index contributed by atoms with van der Waals surface area (Å²) in [5.74, 6) is 0. The fourth-order valence-corrected chi connectivity index (χ4v) is 2.31. The second kappa shape index (κ2) is 3.54. The molecule has 0 atom stereocenters. The third kappa shape index (κ3) is 1.67. The van der Waals surface area contributed by atoms with E-state index in [0.29, 0.717) is 0 Å². The summed E-state index contributed by atoms with van der Waals surface area (Å²) in [7, 11) is 0. The molecule has 2 aromatic rings. The zero-order valence-corrected chi connectivity index (χ0v) is 8.69. The van der Waals surface area contributed by atoms with Gasteiger partial charge < -0.3 is 4.57 Å². The quantitative estimate of drug-likeness (QED) is 0.724. The Balaban J connectivity index is 1.87. The van der Waals surface area contributed by atoms with Crippen molar-refractivity contribution in [3.63, 3.8) is 0 Å². The average Bonchev–Trinajstić information content (AvgIpc) is 2.87. The third-order valence-electron chi connectivity index (χ3n) is 3.09. The molecule has 1 aliphatic rings. The highest BCUT2D eigenvalue weighted by Crippen LogP contribution is 2.23. The molecule has 0 N–H and O–H groups in total. The zero-order valence-electron chi connectivity index (χ0n) is 8.69. The second-order valence-corrected chi connectivity index (χ2v) is 4.19. The van der Waals surface area contributed by atoms with E-state index >= 15 is 0 Å². The first-order valence-electron chi connectivity index (χ1n) is 5.48. The minimum absolute atomic E-state index is 0.938. The Bertz CT molecular complexity index is 457. The molecule has 2 heteroatoms. The Morgan fingerprint density at radius 2 is 2.13 bits per heavy atom. The topological polar surface area (TPSA) is 17.8 Å². The van der Waals surface area contributed by atoms with Crippen LogP contribution < -0.4 is 0 Å². The van der Waals surface area contributed by atoms with Crippen LogP contribution in [0.15, 0.2) is 36.9 Å². The van der Waals surface area contributed by atoms with Crippen molar-refractivity contribution in [3.8, 4) is 0 Å². The van der Waals surface area contributed by atoms with E-state index in [4.69, 9.17) is 0 Å². The lowest BCUT2D eigenvalue weighted by molar-refractivity contribution is 0.796. The summed E-state index contributed by atoms with van der Waals surface area (Å²) in [6.45, 7) is 0.938. The number of rotatable bonds is 2. The van der Waals surface area contributed by atoms with Gasteiger partial charge in [0.1, 0.15) is 0 Å². The van der Waals surface area contributed by atoms with Crippen molar-refractivity contribution in [2.24, 2.45) is 0 Å². The van der Waals surface area contributed by atoms with E-state index in [0.717, 1.165) is 6.54 Å². The van der Waals surface area contributed by atoms with Crippen LogP contribution in [0.3, 0.4) is 0 Å². The number of fused-ring (bicyclic) bond motifs is 1. The maximum atomic E-state index is 4.05. The highest BCUT2D eigenvalue weighted by Gasteiger charge is 2.10. The largest absolute Gasteiger partial charge is 0.333 e. The van der Waals surface area contributed by atoms with Crippen LogP contribution in [-0.4, -0.2) is 9.55 Å². The average molecular weight is 198 g/mol. The van der Waals surface area contributed by atoms with Crippen LogP contribution in [0, 0.1) is 0 Å². The van der Waals surface area contributed by atoms with Crippen LogP contribution in [0.5, 0.6) is 0 Å². The molecule has 3 rings (SSSR count). The lowest BCUT2D eigenvalue weighted by atomic mass is 10.1. The predicted molar refractivity (Wildman–Crippen MR) is 59.8 cm³/mol. The molecular weight excluding hydrogens is 184 g/mol. The van der Waals surface area contributed by atoms with E-state index < -0.39 is 0 Å². The maximum absolute atomic E-state index is 4.05. The summed E-state index contributed by atoms with van der Waals surface area (Å²) in [5.41, 5.74) is 4.48. The van der Waals surface area contributed by atoms with E-state index in [1.54, 1.807) is 11.1 Å². The lowest BCUT2D eigenvalue weighted by Gasteiger charge is -2.05. The number of aryl methyl sites for hydroxylation is 2. The van der Waals surface area contributed by atoms with E-state index in [9.17, 15) is 0 Å². The standard InChI is InChI=1S/C13H14N2/c1-2-12-5-4-11(8-13(12)3-1)9-15-7-6-14-10-15/h4-8,10H,1-3,9H2. The van der Waals surface area contributed by atoms with Gasteiger partial charge in [-0.2, -0.15) is 0 Å². The number of hydrogen-bond acceptors (Lipinski definition) is 1. The molecule has 0 amide bonds. The van der Waals surface area contributed by atoms with Crippen molar-refractivity contribution in [3.05, 3.63) is 53.6 Å². The smallest absolute Gasteiger partial charge is 0.0949 e.